The molecule has 20 heavy (non-hydrogen) atoms. The molecule has 1 rings (SSSR count). The number of thioether (sulfide) groups is 1. The summed E-state index contributed by atoms with van der Waals surface area (Å²) in [5.41, 5.74) is -0.608. The van der Waals surface area contributed by atoms with Crippen molar-refractivity contribution in [2.75, 3.05) is 0 Å². The summed E-state index contributed by atoms with van der Waals surface area (Å²) in [6.07, 6.45) is 0.301. The molecule has 110 valence electrons. The molecule has 0 fully saturated rings. The number of ether oxygens (including phenoxy) is 1. The number of carbonyl (C=O) groups is 2. The highest BCUT2D eigenvalue weighted by Crippen LogP contribution is 2.36. The van der Waals surface area contributed by atoms with Crippen molar-refractivity contribution in [3.05, 3.63) is 30.3 Å². The van der Waals surface area contributed by atoms with Crippen molar-refractivity contribution in [3.8, 4) is 0 Å². The van der Waals surface area contributed by atoms with Crippen LogP contribution in [0, 0.1) is 0 Å². The molecule has 3 nitrogen and oxygen atoms in total. The molecule has 0 unspecified atom stereocenters. The van der Waals surface area contributed by atoms with Crippen LogP contribution in [0.2, 0.25) is 0 Å². The van der Waals surface area contributed by atoms with Crippen molar-refractivity contribution < 1.29 is 14.3 Å². The zero-order chi connectivity index (χ0) is 15.4. The highest BCUT2D eigenvalue weighted by Gasteiger charge is 2.44. The van der Waals surface area contributed by atoms with Gasteiger partial charge in [-0.05, 0) is 39.8 Å². The van der Waals surface area contributed by atoms with Crippen molar-refractivity contribution in [1.29, 1.82) is 0 Å². The molecule has 0 aliphatic heterocycles. The van der Waals surface area contributed by atoms with E-state index in [1.165, 1.54) is 11.8 Å². The highest BCUT2D eigenvalue weighted by molar-refractivity contribution is 8.02. The van der Waals surface area contributed by atoms with Crippen LogP contribution in [-0.4, -0.2) is 22.1 Å². The fraction of sp³-hybridized carbons (Fsp3) is 0.500. The van der Waals surface area contributed by atoms with Gasteiger partial charge in [-0.15, -0.1) is 0 Å². The van der Waals surface area contributed by atoms with Gasteiger partial charge in [-0.25, -0.2) is 0 Å². The molecule has 0 bridgehead atoms. The summed E-state index contributed by atoms with van der Waals surface area (Å²) in [6, 6.07) is 9.44. The fourth-order valence-electron chi connectivity index (χ4n) is 1.65. The quantitative estimate of drug-likeness (QED) is 0.470. The molecular weight excluding hydrogens is 272 g/mol. The first-order valence-electron chi connectivity index (χ1n) is 6.70. The lowest BCUT2D eigenvalue weighted by Gasteiger charge is -2.29. The summed E-state index contributed by atoms with van der Waals surface area (Å²) in [5, 5.41) is 0. The molecule has 0 saturated carbocycles. The third kappa shape index (κ3) is 4.37. The van der Waals surface area contributed by atoms with Crippen LogP contribution in [0.3, 0.4) is 0 Å². The van der Waals surface area contributed by atoms with Crippen LogP contribution in [0.25, 0.3) is 0 Å². The van der Waals surface area contributed by atoms with Crippen LogP contribution in [0.4, 0.5) is 0 Å². The van der Waals surface area contributed by atoms with Crippen molar-refractivity contribution in [2.45, 2.75) is 56.3 Å². The molecule has 0 aromatic heterocycles. The summed E-state index contributed by atoms with van der Waals surface area (Å²) in [7, 11) is 0. The van der Waals surface area contributed by atoms with E-state index in [0.29, 0.717) is 6.42 Å². The van der Waals surface area contributed by atoms with E-state index in [1.807, 2.05) is 30.3 Å². The normalized spacial score (nSPS) is 14.4. The minimum Gasteiger partial charge on any atom is -0.459 e. The number of carbonyl (C=O) groups excluding carboxylic acids is 2. The Morgan fingerprint density at radius 2 is 1.65 bits per heavy atom. The van der Waals surface area contributed by atoms with Crippen molar-refractivity contribution >= 4 is 23.5 Å². The van der Waals surface area contributed by atoms with Crippen molar-refractivity contribution in [3.63, 3.8) is 0 Å². The third-order valence-corrected chi connectivity index (χ3v) is 4.02. The second-order valence-corrected chi connectivity index (χ2v) is 7.22. The minimum absolute atomic E-state index is 0.124. The predicted molar refractivity (Wildman–Crippen MR) is 81.8 cm³/mol. The molecule has 0 radical (unpaired) electrons. The number of Topliss-reactive ketones (excluding diaryl/α,β-unsaturated/α-hetero) is 1. The molecule has 0 saturated heterocycles. The molecule has 0 aliphatic rings. The molecule has 0 N–H and O–H groups in total. The van der Waals surface area contributed by atoms with E-state index in [0.717, 1.165) is 4.90 Å². The Labute approximate surface area is 125 Å². The summed E-state index contributed by atoms with van der Waals surface area (Å²) >= 11 is 1.25. The van der Waals surface area contributed by atoms with Crippen LogP contribution in [-0.2, 0) is 14.3 Å². The van der Waals surface area contributed by atoms with Crippen LogP contribution in [0.5, 0.6) is 0 Å². The second-order valence-electron chi connectivity index (χ2n) is 5.73. The summed E-state index contributed by atoms with van der Waals surface area (Å²) in [5.74, 6) is -0.605. The van der Waals surface area contributed by atoms with Gasteiger partial charge >= 0.3 is 5.97 Å². The van der Waals surface area contributed by atoms with Gasteiger partial charge < -0.3 is 4.74 Å². The van der Waals surface area contributed by atoms with E-state index in [2.05, 4.69) is 0 Å². The molecule has 4 heteroatoms. The van der Waals surface area contributed by atoms with Crippen LogP contribution >= 0.6 is 11.8 Å². The van der Waals surface area contributed by atoms with Crippen LogP contribution < -0.4 is 0 Å². The Balaban J connectivity index is 3.04. The Morgan fingerprint density at radius 3 is 2.10 bits per heavy atom. The molecule has 1 atom stereocenters. The topological polar surface area (TPSA) is 43.4 Å². The number of rotatable bonds is 5. The molecule has 0 aliphatic carbocycles. The van der Waals surface area contributed by atoms with E-state index in [9.17, 15) is 9.59 Å². The maximum absolute atomic E-state index is 12.4. The maximum atomic E-state index is 12.4. The largest absolute Gasteiger partial charge is 0.459 e. The molecule has 1 aromatic rings. The van der Waals surface area contributed by atoms with E-state index in [1.54, 1.807) is 34.6 Å². The predicted octanol–water partition coefficient (Wildman–Crippen LogP) is 3.86. The number of ketones is 1. The van der Waals surface area contributed by atoms with Gasteiger partial charge in [0, 0.05) is 11.3 Å². The molecule has 1 aromatic carbocycles. The number of hydrogen-bond acceptors (Lipinski definition) is 4. The van der Waals surface area contributed by atoms with Gasteiger partial charge in [-0.3, -0.25) is 9.59 Å². The average Bonchev–Trinajstić information content (AvgIpc) is 2.36. The standard InChI is InChI=1S/C16H22O3S/c1-6-13(17)16(5,14(18)19-15(2,3)4)20-12-10-8-7-9-11-12/h7-11H,6H2,1-5H3/t16-/m0/s1. The van der Waals surface area contributed by atoms with E-state index < -0.39 is 16.3 Å². The zero-order valence-corrected chi connectivity index (χ0v) is 13.5. The first-order chi connectivity index (χ1) is 9.19. The van der Waals surface area contributed by atoms with E-state index in [-0.39, 0.29) is 5.78 Å². The number of hydrogen-bond donors (Lipinski definition) is 0. The Kier molecular flexibility index (Phi) is 5.40. The van der Waals surface area contributed by atoms with Gasteiger partial charge in [0.15, 0.2) is 10.5 Å². The van der Waals surface area contributed by atoms with E-state index in [4.69, 9.17) is 4.74 Å². The Morgan fingerprint density at radius 1 is 1.10 bits per heavy atom. The van der Waals surface area contributed by atoms with Gasteiger partial charge in [-0.1, -0.05) is 36.9 Å². The fourth-order valence-corrected chi connectivity index (χ4v) is 2.80. The Bertz CT molecular complexity index is 476. The molecular formula is C16H22O3S. The first-order valence-corrected chi connectivity index (χ1v) is 7.51. The Hall–Kier alpha value is -1.29. The maximum Gasteiger partial charge on any atom is 0.330 e. The summed E-state index contributed by atoms with van der Waals surface area (Å²) in [4.78, 5) is 25.5. The molecule has 0 heterocycles. The lowest BCUT2D eigenvalue weighted by atomic mass is 10.0. The lowest BCUT2D eigenvalue weighted by Crippen LogP contribution is -2.44. The highest BCUT2D eigenvalue weighted by atomic mass is 32.2. The lowest BCUT2D eigenvalue weighted by molar-refractivity contribution is -0.159. The zero-order valence-electron chi connectivity index (χ0n) is 12.7. The minimum atomic E-state index is -1.20. The summed E-state index contributed by atoms with van der Waals surface area (Å²) < 4.78 is 4.21. The molecule has 0 spiro atoms. The van der Waals surface area contributed by atoms with Crippen LogP contribution in [0.15, 0.2) is 35.2 Å². The third-order valence-electron chi connectivity index (χ3n) is 2.71. The monoisotopic (exact) mass is 294 g/mol. The average molecular weight is 294 g/mol. The van der Waals surface area contributed by atoms with Crippen molar-refractivity contribution in [2.24, 2.45) is 0 Å². The smallest absolute Gasteiger partial charge is 0.330 e. The van der Waals surface area contributed by atoms with Gasteiger partial charge in [-0.2, -0.15) is 0 Å². The van der Waals surface area contributed by atoms with Crippen LogP contribution in [0.1, 0.15) is 41.0 Å². The number of esters is 1. The number of benzene rings is 1. The van der Waals surface area contributed by atoms with E-state index >= 15 is 0 Å². The van der Waals surface area contributed by atoms with Gasteiger partial charge in [0.25, 0.3) is 0 Å². The molecule has 0 amide bonds. The van der Waals surface area contributed by atoms with Gasteiger partial charge in [0.1, 0.15) is 5.60 Å². The van der Waals surface area contributed by atoms with Crippen molar-refractivity contribution in [1.82, 2.24) is 0 Å². The van der Waals surface area contributed by atoms with Gasteiger partial charge in [0.05, 0.1) is 0 Å². The second kappa shape index (κ2) is 6.44. The SMILES string of the molecule is CCC(=O)[C@](C)(Sc1ccccc1)C(=O)OC(C)(C)C. The first kappa shape index (κ1) is 16.8. The van der Waals surface area contributed by atoms with Gasteiger partial charge in [0.2, 0.25) is 0 Å². The summed E-state index contributed by atoms with van der Waals surface area (Å²) in [6.45, 7) is 8.81.